The molecule has 2 heterocycles. The van der Waals surface area contributed by atoms with E-state index in [1.54, 1.807) is 0 Å². The zero-order valence-electron chi connectivity index (χ0n) is 12.1. The number of piperidine rings is 1. The first kappa shape index (κ1) is 14.9. The van der Waals surface area contributed by atoms with Gasteiger partial charge in [-0.15, -0.1) is 0 Å². The number of imidazole rings is 1. The summed E-state index contributed by atoms with van der Waals surface area (Å²) in [6.07, 6.45) is 14.3. The molecule has 0 amide bonds. The topological polar surface area (TPSA) is 29.9 Å². The first-order valence-corrected chi connectivity index (χ1v) is 9.01. The predicted octanol–water partition coefficient (Wildman–Crippen LogP) is 3.27. The lowest BCUT2D eigenvalue weighted by atomic mass is 9.96. The molecule has 19 heavy (non-hydrogen) atoms. The maximum atomic E-state index is 4.36. The van der Waals surface area contributed by atoms with Crippen molar-refractivity contribution in [2.75, 3.05) is 25.1 Å². The molecule has 0 aromatic carbocycles. The number of thioether (sulfide) groups is 1. The van der Waals surface area contributed by atoms with E-state index in [-0.39, 0.29) is 0 Å². The minimum absolute atomic E-state index is 0.674. The highest BCUT2D eigenvalue weighted by molar-refractivity contribution is 7.98. The lowest BCUT2D eigenvalue weighted by molar-refractivity contribution is 0.436. The van der Waals surface area contributed by atoms with Gasteiger partial charge in [-0.1, -0.05) is 12.8 Å². The molecule has 1 aromatic heterocycles. The van der Waals surface area contributed by atoms with Gasteiger partial charge in [-0.3, -0.25) is 0 Å². The van der Waals surface area contributed by atoms with E-state index in [9.17, 15) is 0 Å². The Morgan fingerprint density at radius 2 is 2.26 bits per heavy atom. The molecule has 4 heteroatoms. The van der Waals surface area contributed by atoms with Crippen LogP contribution in [-0.2, 0) is 6.54 Å². The monoisotopic (exact) mass is 281 g/mol. The molecule has 1 aromatic rings. The molecule has 1 fully saturated rings. The second-order valence-electron chi connectivity index (χ2n) is 5.46. The summed E-state index contributed by atoms with van der Waals surface area (Å²) in [5.74, 6) is 1.98. The fraction of sp³-hybridized carbons (Fsp3) is 0.800. The molecule has 1 unspecified atom stereocenters. The minimum atomic E-state index is 0.674. The molecule has 0 saturated carbocycles. The van der Waals surface area contributed by atoms with Gasteiger partial charge in [0, 0.05) is 30.9 Å². The quantitative estimate of drug-likeness (QED) is 0.742. The standard InChI is InChI=1S/C15H27N3S/c1-19-10-5-3-2-4-9-18-13-17-12-15(18)14-7-6-8-16-11-14/h12-14,16H,2-11H2,1H3. The van der Waals surface area contributed by atoms with E-state index in [0.29, 0.717) is 5.92 Å². The van der Waals surface area contributed by atoms with E-state index in [4.69, 9.17) is 0 Å². The third-order valence-corrected chi connectivity index (χ3v) is 4.65. The van der Waals surface area contributed by atoms with Gasteiger partial charge in [-0.25, -0.2) is 4.98 Å². The van der Waals surface area contributed by atoms with Crippen LogP contribution in [0, 0.1) is 0 Å². The van der Waals surface area contributed by atoms with Gasteiger partial charge in [0.15, 0.2) is 0 Å². The van der Waals surface area contributed by atoms with Gasteiger partial charge in [-0.2, -0.15) is 11.8 Å². The molecule has 1 aliphatic rings. The van der Waals surface area contributed by atoms with Crippen LogP contribution in [0.4, 0.5) is 0 Å². The minimum Gasteiger partial charge on any atom is -0.334 e. The highest BCUT2D eigenvalue weighted by Gasteiger charge is 2.18. The first-order valence-electron chi connectivity index (χ1n) is 7.61. The number of hydrogen-bond donors (Lipinski definition) is 1. The van der Waals surface area contributed by atoms with E-state index in [1.807, 2.05) is 18.1 Å². The third kappa shape index (κ3) is 4.84. The van der Waals surface area contributed by atoms with Crippen molar-refractivity contribution in [1.82, 2.24) is 14.9 Å². The molecular weight excluding hydrogens is 254 g/mol. The molecular formula is C15H27N3S. The SMILES string of the molecule is CSCCCCCCn1cncc1C1CCCNC1. The summed E-state index contributed by atoms with van der Waals surface area (Å²) in [7, 11) is 0. The number of rotatable bonds is 8. The van der Waals surface area contributed by atoms with Crippen LogP contribution in [-0.4, -0.2) is 34.6 Å². The summed E-state index contributed by atoms with van der Waals surface area (Å²) in [4.78, 5) is 4.36. The van der Waals surface area contributed by atoms with Crippen LogP contribution >= 0.6 is 11.8 Å². The number of hydrogen-bond acceptors (Lipinski definition) is 3. The van der Waals surface area contributed by atoms with Crippen molar-refractivity contribution in [3.05, 3.63) is 18.2 Å². The van der Waals surface area contributed by atoms with Crippen molar-refractivity contribution in [3.63, 3.8) is 0 Å². The second-order valence-corrected chi connectivity index (χ2v) is 6.45. The number of nitrogens with zero attached hydrogens (tertiary/aromatic N) is 2. The van der Waals surface area contributed by atoms with Crippen LogP contribution in [0.5, 0.6) is 0 Å². The average Bonchev–Trinajstić information content (AvgIpc) is 2.92. The fourth-order valence-electron chi connectivity index (χ4n) is 2.84. The van der Waals surface area contributed by atoms with E-state index >= 15 is 0 Å². The Morgan fingerprint density at radius 1 is 1.37 bits per heavy atom. The summed E-state index contributed by atoms with van der Waals surface area (Å²) in [5, 5.41) is 3.50. The van der Waals surface area contributed by atoms with Crippen molar-refractivity contribution >= 4 is 11.8 Å². The Bertz CT molecular complexity index is 345. The molecule has 1 N–H and O–H groups in total. The molecule has 0 bridgehead atoms. The van der Waals surface area contributed by atoms with Crippen LogP contribution < -0.4 is 5.32 Å². The first-order chi connectivity index (χ1) is 9.42. The van der Waals surface area contributed by atoms with Crippen LogP contribution in [0.15, 0.2) is 12.5 Å². The average molecular weight is 281 g/mol. The summed E-state index contributed by atoms with van der Waals surface area (Å²) in [5.41, 5.74) is 1.44. The van der Waals surface area contributed by atoms with E-state index in [1.165, 1.54) is 56.5 Å². The van der Waals surface area contributed by atoms with Gasteiger partial charge in [0.25, 0.3) is 0 Å². The molecule has 108 valence electrons. The van der Waals surface area contributed by atoms with Gasteiger partial charge in [0.1, 0.15) is 0 Å². The van der Waals surface area contributed by atoms with Crippen molar-refractivity contribution in [3.8, 4) is 0 Å². The van der Waals surface area contributed by atoms with Crippen molar-refractivity contribution in [1.29, 1.82) is 0 Å². The van der Waals surface area contributed by atoms with E-state index < -0.39 is 0 Å². The molecule has 1 aliphatic heterocycles. The third-order valence-electron chi connectivity index (χ3n) is 3.96. The molecule has 0 radical (unpaired) electrons. The zero-order valence-corrected chi connectivity index (χ0v) is 12.9. The van der Waals surface area contributed by atoms with Crippen molar-refractivity contribution in [2.24, 2.45) is 0 Å². The van der Waals surface area contributed by atoms with Crippen LogP contribution in [0.25, 0.3) is 0 Å². The summed E-state index contributed by atoms with van der Waals surface area (Å²) < 4.78 is 2.38. The summed E-state index contributed by atoms with van der Waals surface area (Å²) in [6.45, 7) is 3.45. The fourth-order valence-corrected chi connectivity index (χ4v) is 3.34. The Kier molecular flexibility index (Phi) is 6.79. The zero-order chi connectivity index (χ0) is 13.3. The highest BCUT2D eigenvalue weighted by Crippen LogP contribution is 2.23. The van der Waals surface area contributed by atoms with Gasteiger partial charge in [0.05, 0.1) is 6.33 Å². The molecule has 3 nitrogen and oxygen atoms in total. The number of nitrogens with one attached hydrogen (secondary N) is 1. The molecule has 1 saturated heterocycles. The van der Waals surface area contributed by atoms with Gasteiger partial charge < -0.3 is 9.88 Å². The number of unbranched alkanes of at least 4 members (excludes halogenated alkanes) is 3. The maximum absolute atomic E-state index is 4.36. The highest BCUT2D eigenvalue weighted by atomic mass is 32.2. The van der Waals surface area contributed by atoms with E-state index in [0.717, 1.165) is 13.1 Å². The molecule has 2 rings (SSSR count). The summed E-state index contributed by atoms with van der Waals surface area (Å²) in [6, 6.07) is 0. The molecule has 1 atom stereocenters. The maximum Gasteiger partial charge on any atom is 0.0948 e. The van der Waals surface area contributed by atoms with E-state index in [2.05, 4.69) is 27.3 Å². The Balaban J connectivity index is 1.73. The van der Waals surface area contributed by atoms with Gasteiger partial charge >= 0.3 is 0 Å². The Labute approximate surface area is 121 Å². The predicted molar refractivity (Wildman–Crippen MR) is 83.9 cm³/mol. The molecule has 0 spiro atoms. The Morgan fingerprint density at radius 3 is 3.05 bits per heavy atom. The molecule has 0 aliphatic carbocycles. The largest absolute Gasteiger partial charge is 0.334 e. The second kappa shape index (κ2) is 8.64. The number of aromatic nitrogens is 2. The number of aryl methyl sites for hydroxylation is 1. The normalized spacial score (nSPS) is 19.7. The van der Waals surface area contributed by atoms with Crippen molar-refractivity contribution < 1.29 is 0 Å². The van der Waals surface area contributed by atoms with Crippen LogP contribution in [0.3, 0.4) is 0 Å². The van der Waals surface area contributed by atoms with Crippen LogP contribution in [0.2, 0.25) is 0 Å². The van der Waals surface area contributed by atoms with Gasteiger partial charge in [0.2, 0.25) is 0 Å². The lowest BCUT2D eigenvalue weighted by Gasteiger charge is -2.23. The summed E-state index contributed by atoms with van der Waals surface area (Å²) >= 11 is 1.96. The van der Waals surface area contributed by atoms with Crippen molar-refractivity contribution in [2.45, 2.75) is 51.0 Å². The van der Waals surface area contributed by atoms with Gasteiger partial charge in [-0.05, 0) is 44.2 Å². The Hall–Kier alpha value is -0.480. The smallest absolute Gasteiger partial charge is 0.0948 e. The van der Waals surface area contributed by atoms with Crippen LogP contribution in [0.1, 0.15) is 50.1 Å². The lowest BCUT2D eigenvalue weighted by Crippen LogP contribution is -2.29.